The molecule has 0 aromatic heterocycles. The molecule has 5 nitrogen and oxygen atoms in total. The highest BCUT2D eigenvalue weighted by atomic mass is 35.5. The highest BCUT2D eigenvalue weighted by Gasteiger charge is 2.37. The Kier molecular flexibility index (Phi) is 8.51. The van der Waals surface area contributed by atoms with Crippen molar-refractivity contribution >= 4 is 24.2 Å². The number of carbonyl (C=O) groups excluding carboxylic acids is 2. The Balaban J connectivity index is 0.00000288. The lowest BCUT2D eigenvalue weighted by molar-refractivity contribution is -0.136. The average Bonchev–Trinajstić information content (AvgIpc) is 3.05. The van der Waals surface area contributed by atoms with Crippen LogP contribution in [0.2, 0.25) is 0 Å². The van der Waals surface area contributed by atoms with Gasteiger partial charge in [0.1, 0.15) is 0 Å². The van der Waals surface area contributed by atoms with Crippen LogP contribution < -0.4 is 11.1 Å². The fourth-order valence-corrected chi connectivity index (χ4v) is 3.98. The smallest absolute Gasteiger partial charge is 0.227 e. The maximum absolute atomic E-state index is 12.6. The second kappa shape index (κ2) is 9.62. The van der Waals surface area contributed by atoms with Gasteiger partial charge >= 0.3 is 0 Å². The summed E-state index contributed by atoms with van der Waals surface area (Å²) < 4.78 is 0. The molecule has 1 heterocycles. The molecule has 0 aromatic carbocycles. The third-order valence-corrected chi connectivity index (χ3v) is 6.02. The summed E-state index contributed by atoms with van der Waals surface area (Å²) in [6, 6.07) is 0.0825. The minimum Gasteiger partial charge on any atom is -0.351 e. The number of halogens is 1. The van der Waals surface area contributed by atoms with Gasteiger partial charge in [0.25, 0.3) is 0 Å². The summed E-state index contributed by atoms with van der Waals surface area (Å²) >= 11 is 0. The zero-order chi connectivity index (χ0) is 16.9. The summed E-state index contributed by atoms with van der Waals surface area (Å²) in [5.41, 5.74) is 5.39. The Bertz CT molecular complexity index is 412. The van der Waals surface area contributed by atoms with Crippen LogP contribution in [-0.4, -0.2) is 42.4 Å². The quantitative estimate of drug-likeness (QED) is 0.764. The van der Waals surface area contributed by atoms with Crippen molar-refractivity contribution < 1.29 is 9.59 Å². The number of amides is 2. The Morgan fingerprint density at radius 2 is 1.75 bits per heavy atom. The molecule has 0 aromatic rings. The number of hydrogen-bond acceptors (Lipinski definition) is 3. The SMILES string of the molecule is CCC(CC)(CN)C(=O)NC1CCN(C(=O)C2CCCCC2)C1.Cl. The zero-order valence-electron chi connectivity index (χ0n) is 15.2. The second-order valence-corrected chi connectivity index (χ2v) is 7.27. The van der Waals surface area contributed by atoms with Crippen LogP contribution in [0.15, 0.2) is 0 Å². The first-order valence-electron chi connectivity index (χ1n) is 9.36. The van der Waals surface area contributed by atoms with Crippen molar-refractivity contribution in [3.63, 3.8) is 0 Å². The van der Waals surface area contributed by atoms with Crippen LogP contribution in [0.3, 0.4) is 0 Å². The third-order valence-electron chi connectivity index (χ3n) is 6.02. The number of carbonyl (C=O) groups is 2. The standard InChI is InChI=1S/C18H33N3O2.ClH/c1-3-18(4-2,13-19)17(23)20-15-10-11-21(12-15)16(22)14-8-6-5-7-9-14;/h14-15H,3-13,19H2,1-2H3,(H,20,23);1H. The van der Waals surface area contributed by atoms with E-state index in [0.717, 1.165) is 38.6 Å². The van der Waals surface area contributed by atoms with Gasteiger partial charge in [0.15, 0.2) is 0 Å². The summed E-state index contributed by atoms with van der Waals surface area (Å²) in [6.45, 7) is 5.85. The molecule has 2 rings (SSSR count). The summed E-state index contributed by atoms with van der Waals surface area (Å²) in [7, 11) is 0. The second-order valence-electron chi connectivity index (χ2n) is 7.27. The molecule has 140 valence electrons. The zero-order valence-corrected chi connectivity index (χ0v) is 16.0. The van der Waals surface area contributed by atoms with Gasteiger partial charge in [-0.2, -0.15) is 0 Å². The third kappa shape index (κ3) is 4.63. The number of nitrogens with two attached hydrogens (primary N) is 1. The largest absolute Gasteiger partial charge is 0.351 e. The van der Waals surface area contributed by atoms with Crippen molar-refractivity contribution in [2.75, 3.05) is 19.6 Å². The molecule has 0 bridgehead atoms. The summed E-state index contributed by atoms with van der Waals surface area (Å²) in [4.78, 5) is 27.1. The normalized spacial score (nSPS) is 22.1. The van der Waals surface area contributed by atoms with Crippen molar-refractivity contribution in [3.05, 3.63) is 0 Å². The Hall–Kier alpha value is -0.810. The molecule has 1 atom stereocenters. The van der Waals surface area contributed by atoms with Gasteiger partial charge in [-0.05, 0) is 32.1 Å². The maximum atomic E-state index is 12.6. The highest BCUT2D eigenvalue weighted by molar-refractivity contribution is 5.85. The van der Waals surface area contributed by atoms with Gasteiger partial charge in [-0.1, -0.05) is 33.1 Å². The molecule has 24 heavy (non-hydrogen) atoms. The van der Waals surface area contributed by atoms with Gasteiger partial charge < -0.3 is 16.0 Å². The molecule has 1 aliphatic carbocycles. The number of hydrogen-bond donors (Lipinski definition) is 2. The molecule has 2 fully saturated rings. The predicted molar refractivity (Wildman–Crippen MR) is 99.0 cm³/mol. The van der Waals surface area contributed by atoms with Crippen molar-refractivity contribution in [1.82, 2.24) is 10.2 Å². The first-order valence-corrected chi connectivity index (χ1v) is 9.36. The van der Waals surface area contributed by atoms with Crippen LogP contribution in [0.25, 0.3) is 0 Å². The minimum absolute atomic E-state index is 0. The van der Waals surface area contributed by atoms with E-state index in [0.29, 0.717) is 19.0 Å². The average molecular weight is 360 g/mol. The van der Waals surface area contributed by atoms with Gasteiger partial charge in [-0.3, -0.25) is 9.59 Å². The summed E-state index contributed by atoms with van der Waals surface area (Å²) in [5, 5.41) is 3.15. The first kappa shape index (κ1) is 21.2. The molecule has 1 saturated heterocycles. The molecule has 0 spiro atoms. The molecule has 2 amide bonds. The van der Waals surface area contributed by atoms with E-state index in [1.54, 1.807) is 0 Å². The number of likely N-dealkylation sites (tertiary alicyclic amines) is 1. The van der Waals surface area contributed by atoms with Crippen molar-refractivity contribution in [2.45, 2.75) is 71.3 Å². The lowest BCUT2D eigenvalue weighted by Gasteiger charge is -2.30. The van der Waals surface area contributed by atoms with E-state index in [4.69, 9.17) is 5.73 Å². The molecule has 6 heteroatoms. The van der Waals surface area contributed by atoms with Crippen LogP contribution in [0, 0.1) is 11.3 Å². The Morgan fingerprint density at radius 3 is 2.29 bits per heavy atom. The topological polar surface area (TPSA) is 75.4 Å². The van der Waals surface area contributed by atoms with Gasteiger partial charge in [-0.15, -0.1) is 12.4 Å². The number of nitrogens with one attached hydrogen (secondary N) is 1. The van der Waals surface area contributed by atoms with Crippen molar-refractivity contribution in [2.24, 2.45) is 17.1 Å². The first-order chi connectivity index (χ1) is 11.1. The maximum Gasteiger partial charge on any atom is 0.227 e. The van der Waals surface area contributed by atoms with E-state index in [9.17, 15) is 9.59 Å². The highest BCUT2D eigenvalue weighted by Crippen LogP contribution is 2.28. The molecule has 0 radical (unpaired) electrons. The van der Waals surface area contributed by atoms with E-state index in [2.05, 4.69) is 5.32 Å². The predicted octanol–water partition coefficient (Wildman–Crippen LogP) is 2.47. The van der Waals surface area contributed by atoms with Gasteiger partial charge in [0.2, 0.25) is 11.8 Å². The van der Waals surface area contributed by atoms with Crippen molar-refractivity contribution in [3.8, 4) is 0 Å². The van der Waals surface area contributed by atoms with Crippen LogP contribution >= 0.6 is 12.4 Å². The Morgan fingerprint density at radius 1 is 1.12 bits per heavy atom. The summed E-state index contributed by atoms with van der Waals surface area (Å²) in [6.07, 6.45) is 8.05. The lowest BCUT2D eigenvalue weighted by Crippen LogP contribution is -2.49. The van der Waals surface area contributed by atoms with Crippen LogP contribution in [0.1, 0.15) is 65.2 Å². The number of rotatable bonds is 6. The molecular formula is C18H34ClN3O2. The van der Waals surface area contributed by atoms with Crippen LogP contribution in [0.4, 0.5) is 0 Å². The fraction of sp³-hybridized carbons (Fsp3) is 0.889. The molecular weight excluding hydrogens is 326 g/mol. The van der Waals surface area contributed by atoms with E-state index in [-0.39, 0.29) is 30.3 Å². The van der Waals surface area contributed by atoms with E-state index in [1.165, 1.54) is 19.3 Å². The Labute approximate surface area is 152 Å². The van der Waals surface area contributed by atoms with E-state index >= 15 is 0 Å². The molecule has 1 saturated carbocycles. The lowest BCUT2D eigenvalue weighted by atomic mass is 9.81. The van der Waals surface area contributed by atoms with Gasteiger partial charge in [0, 0.05) is 31.6 Å². The molecule has 1 unspecified atom stereocenters. The molecule has 3 N–H and O–H groups in total. The number of nitrogens with zero attached hydrogens (tertiary/aromatic N) is 1. The monoisotopic (exact) mass is 359 g/mol. The van der Waals surface area contributed by atoms with Crippen molar-refractivity contribution in [1.29, 1.82) is 0 Å². The van der Waals surface area contributed by atoms with Gasteiger partial charge in [-0.25, -0.2) is 0 Å². The summed E-state index contributed by atoms with van der Waals surface area (Å²) in [5.74, 6) is 0.576. The van der Waals surface area contributed by atoms with Crippen LogP contribution in [0.5, 0.6) is 0 Å². The van der Waals surface area contributed by atoms with E-state index < -0.39 is 5.41 Å². The molecule has 1 aliphatic heterocycles. The van der Waals surface area contributed by atoms with Gasteiger partial charge in [0.05, 0.1) is 5.41 Å². The van der Waals surface area contributed by atoms with Crippen LogP contribution in [-0.2, 0) is 9.59 Å². The fourth-order valence-electron chi connectivity index (χ4n) is 3.98. The minimum atomic E-state index is -0.458. The molecule has 2 aliphatic rings. The van der Waals surface area contributed by atoms with E-state index in [1.807, 2.05) is 18.7 Å².